The number of hydrogen-bond donors (Lipinski definition) is 1. The van der Waals surface area contributed by atoms with Crippen molar-refractivity contribution < 1.29 is 4.79 Å². The van der Waals surface area contributed by atoms with Crippen LogP contribution in [0.25, 0.3) is 10.1 Å². The van der Waals surface area contributed by atoms with Gasteiger partial charge in [-0.2, -0.15) is 0 Å². The Balaban J connectivity index is 1.61. The smallest absolute Gasteiger partial charge is 0.220 e. The molecule has 1 aromatic heterocycles. The van der Waals surface area contributed by atoms with Crippen molar-refractivity contribution in [1.82, 2.24) is 5.32 Å². The zero-order chi connectivity index (χ0) is 13.2. The predicted octanol–water partition coefficient (Wildman–Crippen LogP) is 3.75. The second kappa shape index (κ2) is 5.33. The van der Waals surface area contributed by atoms with Crippen molar-refractivity contribution in [2.75, 3.05) is 0 Å². The average Bonchev–Trinajstić information content (AvgIpc) is 3.10. The van der Waals surface area contributed by atoms with E-state index in [1.54, 1.807) is 11.3 Å². The van der Waals surface area contributed by atoms with Crippen LogP contribution in [-0.4, -0.2) is 11.9 Å². The van der Waals surface area contributed by atoms with Crippen molar-refractivity contribution in [2.24, 2.45) is 5.92 Å². The number of amides is 1. The maximum absolute atomic E-state index is 11.8. The lowest BCUT2D eigenvalue weighted by Crippen LogP contribution is -2.34. The summed E-state index contributed by atoms with van der Waals surface area (Å²) in [6, 6.07) is 8.68. The lowest BCUT2D eigenvalue weighted by atomic mass is 10.1. The Bertz CT molecular complexity index is 585. The molecule has 19 heavy (non-hydrogen) atoms. The fourth-order valence-electron chi connectivity index (χ4n) is 2.49. The number of benzene rings is 1. The summed E-state index contributed by atoms with van der Waals surface area (Å²) in [6.45, 7) is 2.09. The zero-order valence-corrected chi connectivity index (χ0v) is 12.0. The van der Waals surface area contributed by atoms with Crippen LogP contribution in [0.1, 0.15) is 31.7 Å². The highest BCUT2D eigenvalue weighted by Gasteiger charge is 2.24. The van der Waals surface area contributed by atoms with Crippen molar-refractivity contribution >= 4 is 27.3 Å². The molecule has 1 atom stereocenters. The van der Waals surface area contributed by atoms with Gasteiger partial charge >= 0.3 is 0 Å². The molecule has 100 valence electrons. The summed E-state index contributed by atoms with van der Waals surface area (Å²) in [5, 5.41) is 6.67. The molecule has 1 aromatic carbocycles. The normalized spacial score (nSPS) is 16.5. The quantitative estimate of drug-likeness (QED) is 0.883. The van der Waals surface area contributed by atoms with Gasteiger partial charge in [0.2, 0.25) is 5.91 Å². The molecule has 1 N–H and O–H groups in total. The molecule has 0 spiro atoms. The SMILES string of the molecule is C[C@@H](Cc1csc2ccccc12)NC(=O)CC1CC1. The van der Waals surface area contributed by atoms with E-state index in [1.165, 1.54) is 28.5 Å². The highest BCUT2D eigenvalue weighted by atomic mass is 32.1. The van der Waals surface area contributed by atoms with Crippen LogP contribution in [0, 0.1) is 5.92 Å². The molecule has 0 unspecified atom stereocenters. The first-order chi connectivity index (χ1) is 9.22. The molecule has 2 aromatic rings. The van der Waals surface area contributed by atoms with E-state index in [0.29, 0.717) is 12.3 Å². The van der Waals surface area contributed by atoms with Gasteiger partial charge in [0.1, 0.15) is 0 Å². The molecular formula is C16H19NOS. The van der Waals surface area contributed by atoms with Crippen molar-refractivity contribution in [3.8, 4) is 0 Å². The summed E-state index contributed by atoms with van der Waals surface area (Å²) in [4.78, 5) is 11.8. The minimum absolute atomic E-state index is 0.212. The van der Waals surface area contributed by atoms with Crippen LogP contribution in [0.2, 0.25) is 0 Å². The van der Waals surface area contributed by atoms with Gasteiger partial charge in [-0.05, 0) is 54.5 Å². The van der Waals surface area contributed by atoms with Gasteiger partial charge in [-0.25, -0.2) is 0 Å². The van der Waals surface area contributed by atoms with E-state index in [-0.39, 0.29) is 11.9 Å². The number of hydrogen-bond acceptors (Lipinski definition) is 2. The van der Waals surface area contributed by atoms with E-state index in [9.17, 15) is 4.79 Å². The maximum Gasteiger partial charge on any atom is 0.220 e. The second-order valence-electron chi connectivity index (χ2n) is 5.58. The molecule has 1 fully saturated rings. The van der Waals surface area contributed by atoms with Crippen LogP contribution in [0.4, 0.5) is 0 Å². The number of carbonyl (C=O) groups excluding carboxylic acids is 1. The van der Waals surface area contributed by atoms with Gasteiger partial charge in [0.15, 0.2) is 0 Å². The summed E-state index contributed by atoms with van der Waals surface area (Å²) in [5.41, 5.74) is 1.35. The number of carbonyl (C=O) groups is 1. The molecule has 1 aliphatic carbocycles. The second-order valence-corrected chi connectivity index (χ2v) is 6.49. The van der Waals surface area contributed by atoms with Gasteiger partial charge in [0.05, 0.1) is 0 Å². The van der Waals surface area contributed by atoms with Gasteiger partial charge in [-0.1, -0.05) is 18.2 Å². The molecule has 0 bridgehead atoms. The summed E-state index contributed by atoms with van der Waals surface area (Å²) in [5.74, 6) is 0.878. The molecule has 0 saturated heterocycles. The van der Waals surface area contributed by atoms with E-state index in [1.807, 2.05) is 0 Å². The van der Waals surface area contributed by atoms with Gasteiger partial charge in [0.25, 0.3) is 0 Å². The Morgan fingerprint density at radius 3 is 3.00 bits per heavy atom. The van der Waals surface area contributed by atoms with Crippen molar-refractivity contribution in [1.29, 1.82) is 0 Å². The molecule has 2 nitrogen and oxygen atoms in total. The van der Waals surface area contributed by atoms with Gasteiger partial charge in [-0.15, -0.1) is 11.3 Å². The summed E-state index contributed by atoms with van der Waals surface area (Å²) in [6.07, 6.45) is 4.10. The number of thiophene rings is 1. The molecule has 1 aliphatic rings. The lowest BCUT2D eigenvalue weighted by Gasteiger charge is -2.13. The van der Waals surface area contributed by atoms with Crippen molar-refractivity contribution in [2.45, 2.75) is 38.6 Å². The minimum Gasteiger partial charge on any atom is -0.353 e. The van der Waals surface area contributed by atoms with Crippen LogP contribution >= 0.6 is 11.3 Å². The van der Waals surface area contributed by atoms with Gasteiger partial charge < -0.3 is 5.32 Å². The van der Waals surface area contributed by atoms with Crippen LogP contribution in [0.5, 0.6) is 0 Å². The summed E-state index contributed by atoms with van der Waals surface area (Å²) >= 11 is 1.78. The fraction of sp³-hybridized carbons (Fsp3) is 0.438. The molecule has 1 amide bonds. The minimum atomic E-state index is 0.212. The fourth-order valence-corrected chi connectivity index (χ4v) is 3.47. The topological polar surface area (TPSA) is 29.1 Å². The molecule has 3 rings (SSSR count). The Labute approximate surface area is 117 Å². The third kappa shape index (κ3) is 3.16. The Hall–Kier alpha value is -1.35. The molecule has 1 heterocycles. The first-order valence-corrected chi connectivity index (χ1v) is 7.85. The van der Waals surface area contributed by atoms with E-state index in [0.717, 1.165) is 6.42 Å². The van der Waals surface area contributed by atoms with Crippen molar-refractivity contribution in [3.05, 3.63) is 35.2 Å². The molecule has 0 aliphatic heterocycles. The number of nitrogens with one attached hydrogen (secondary N) is 1. The molecule has 0 radical (unpaired) electrons. The monoisotopic (exact) mass is 273 g/mol. The van der Waals surface area contributed by atoms with Crippen molar-refractivity contribution in [3.63, 3.8) is 0 Å². The highest BCUT2D eigenvalue weighted by Crippen LogP contribution is 2.32. The highest BCUT2D eigenvalue weighted by molar-refractivity contribution is 7.17. The summed E-state index contributed by atoms with van der Waals surface area (Å²) in [7, 11) is 0. The van der Waals surface area contributed by atoms with E-state index in [2.05, 4.69) is 41.9 Å². The Kier molecular flexibility index (Phi) is 3.56. The van der Waals surface area contributed by atoms with Gasteiger partial charge in [0, 0.05) is 17.2 Å². The van der Waals surface area contributed by atoms with Crippen LogP contribution in [0.3, 0.4) is 0 Å². The number of rotatable bonds is 5. The summed E-state index contributed by atoms with van der Waals surface area (Å²) < 4.78 is 1.33. The van der Waals surface area contributed by atoms with E-state index in [4.69, 9.17) is 0 Å². The number of fused-ring (bicyclic) bond motifs is 1. The Morgan fingerprint density at radius 1 is 1.42 bits per heavy atom. The van der Waals surface area contributed by atoms with Crippen LogP contribution in [0.15, 0.2) is 29.6 Å². The first kappa shape index (κ1) is 12.7. The average molecular weight is 273 g/mol. The third-order valence-electron chi connectivity index (χ3n) is 3.67. The predicted molar refractivity (Wildman–Crippen MR) is 80.5 cm³/mol. The lowest BCUT2D eigenvalue weighted by molar-refractivity contribution is -0.122. The molecule has 1 saturated carbocycles. The molecular weight excluding hydrogens is 254 g/mol. The zero-order valence-electron chi connectivity index (χ0n) is 11.2. The molecule has 3 heteroatoms. The van der Waals surface area contributed by atoms with Gasteiger partial charge in [-0.3, -0.25) is 4.79 Å². The third-order valence-corrected chi connectivity index (χ3v) is 4.68. The first-order valence-electron chi connectivity index (χ1n) is 6.97. The van der Waals surface area contributed by atoms with Crippen LogP contribution in [-0.2, 0) is 11.2 Å². The van der Waals surface area contributed by atoms with E-state index < -0.39 is 0 Å². The van der Waals surface area contributed by atoms with Crippen LogP contribution < -0.4 is 5.32 Å². The maximum atomic E-state index is 11.8. The Morgan fingerprint density at radius 2 is 2.21 bits per heavy atom. The van der Waals surface area contributed by atoms with E-state index >= 15 is 0 Å². The largest absolute Gasteiger partial charge is 0.353 e. The standard InChI is InChI=1S/C16H19NOS/c1-11(17-16(18)9-12-6-7-12)8-13-10-19-15-5-3-2-4-14(13)15/h2-5,10-12H,6-9H2,1H3,(H,17,18)/t11-/m0/s1.